The molecule has 0 saturated heterocycles. The first-order chi connectivity index (χ1) is 8.13. The molecule has 0 amide bonds. The van der Waals surface area contributed by atoms with Crippen molar-refractivity contribution >= 4 is 11.4 Å². The second kappa shape index (κ2) is 4.86. The Hall–Kier alpha value is -1.38. The van der Waals surface area contributed by atoms with Gasteiger partial charge in [0.1, 0.15) is 5.75 Å². The summed E-state index contributed by atoms with van der Waals surface area (Å²) >= 11 is 0. The highest BCUT2D eigenvalue weighted by molar-refractivity contribution is 5.62. The van der Waals surface area contributed by atoms with E-state index < -0.39 is 0 Å². The van der Waals surface area contributed by atoms with Crippen molar-refractivity contribution in [1.29, 1.82) is 0 Å². The molecule has 0 atom stereocenters. The van der Waals surface area contributed by atoms with Gasteiger partial charge in [-0.15, -0.1) is 0 Å². The molecule has 1 aliphatic carbocycles. The standard InChI is InChI=1S/C14H22N2O/c1-14(8-4-3-5-9-14)16-11-6-7-12(15)13(10-11)17-2/h6-7,10,16H,3-5,8-9,15H2,1-2H3. The predicted octanol–water partition coefficient (Wildman–Crippen LogP) is 3.41. The van der Waals surface area contributed by atoms with Gasteiger partial charge in [-0.05, 0) is 31.9 Å². The fourth-order valence-corrected chi connectivity index (χ4v) is 2.59. The molecular weight excluding hydrogens is 212 g/mol. The highest BCUT2D eigenvalue weighted by Gasteiger charge is 2.26. The second-order valence-electron chi connectivity index (χ2n) is 5.20. The van der Waals surface area contributed by atoms with Crippen molar-refractivity contribution in [3.05, 3.63) is 18.2 Å². The molecule has 0 radical (unpaired) electrons. The van der Waals surface area contributed by atoms with E-state index in [0.717, 1.165) is 11.4 Å². The number of anilines is 2. The fraction of sp³-hybridized carbons (Fsp3) is 0.571. The van der Waals surface area contributed by atoms with Crippen LogP contribution in [0.1, 0.15) is 39.0 Å². The normalized spacial score (nSPS) is 18.7. The highest BCUT2D eigenvalue weighted by Crippen LogP contribution is 2.33. The van der Waals surface area contributed by atoms with Crippen LogP contribution >= 0.6 is 0 Å². The number of nitrogens with one attached hydrogen (secondary N) is 1. The van der Waals surface area contributed by atoms with Crippen LogP contribution in [0.3, 0.4) is 0 Å². The Labute approximate surface area is 103 Å². The molecule has 0 unspecified atom stereocenters. The van der Waals surface area contributed by atoms with E-state index >= 15 is 0 Å². The van der Waals surface area contributed by atoms with Crippen molar-refractivity contribution in [3.63, 3.8) is 0 Å². The van der Waals surface area contributed by atoms with E-state index in [1.807, 2.05) is 18.2 Å². The van der Waals surface area contributed by atoms with Gasteiger partial charge in [-0.25, -0.2) is 0 Å². The van der Waals surface area contributed by atoms with Crippen molar-refractivity contribution in [2.75, 3.05) is 18.2 Å². The maximum atomic E-state index is 5.81. The first kappa shape index (κ1) is 12.1. The minimum absolute atomic E-state index is 0.222. The van der Waals surface area contributed by atoms with Gasteiger partial charge in [-0.1, -0.05) is 19.3 Å². The number of benzene rings is 1. The van der Waals surface area contributed by atoms with Crippen LogP contribution in [0.4, 0.5) is 11.4 Å². The van der Waals surface area contributed by atoms with Crippen molar-refractivity contribution in [3.8, 4) is 5.75 Å². The van der Waals surface area contributed by atoms with Crippen LogP contribution in [0.25, 0.3) is 0 Å². The lowest BCUT2D eigenvalue weighted by atomic mass is 9.83. The molecule has 1 aliphatic rings. The average molecular weight is 234 g/mol. The molecule has 2 rings (SSSR count). The van der Waals surface area contributed by atoms with E-state index in [2.05, 4.69) is 12.2 Å². The summed E-state index contributed by atoms with van der Waals surface area (Å²) in [5, 5.41) is 3.62. The van der Waals surface area contributed by atoms with Gasteiger partial charge in [0.05, 0.1) is 12.8 Å². The zero-order valence-corrected chi connectivity index (χ0v) is 10.8. The summed E-state index contributed by atoms with van der Waals surface area (Å²) in [6.45, 7) is 2.30. The summed E-state index contributed by atoms with van der Waals surface area (Å²) in [6.07, 6.45) is 6.47. The molecular formula is C14H22N2O. The summed E-state index contributed by atoms with van der Waals surface area (Å²) in [4.78, 5) is 0. The van der Waals surface area contributed by atoms with Crippen molar-refractivity contribution in [2.24, 2.45) is 0 Å². The Bertz CT molecular complexity index is 384. The lowest BCUT2D eigenvalue weighted by Crippen LogP contribution is -2.36. The van der Waals surface area contributed by atoms with E-state index in [1.54, 1.807) is 7.11 Å². The molecule has 0 spiro atoms. The van der Waals surface area contributed by atoms with E-state index in [1.165, 1.54) is 32.1 Å². The number of nitrogen functional groups attached to an aromatic ring is 1. The van der Waals surface area contributed by atoms with Crippen molar-refractivity contribution in [2.45, 2.75) is 44.6 Å². The smallest absolute Gasteiger partial charge is 0.143 e. The molecule has 0 heterocycles. The topological polar surface area (TPSA) is 47.3 Å². The Morgan fingerprint density at radius 1 is 1.24 bits per heavy atom. The lowest BCUT2D eigenvalue weighted by Gasteiger charge is -2.35. The third-order valence-corrected chi connectivity index (χ3v) is 3.64. The third-order valence-electron chi connectivity index (χ3n) is 3.64. The van der Waals surface area contributed by atoms with Crippen LogP contribution < -0.4 is 15.8 Å². The summed E-state index contributed by atoms with van der Waals surface area (Å²) in [7, 11) is 1.65. The monoisotopic (exact) mass is 234 g/mol. The zero-order valence-electron chi connectivity index (χ0n) is 10.8. The number of hydrogen-bond acceptors (Lipinski definition) is 3. The Morgan fingerprint density at radius 3 is 2.59 bits per heavy atom. The average Bonchev–Trinajstić information content (AvgIpc) is 2.32. The van der Waals surface area contributed by atoms with Gasteiger partial charge in [0.15, 0.2) is 0 Å². The predicted molar refractivity (Wildman–Crippen MR) is 72.5 cm³/mol. The molecule has 3 nitrogen and oxygen atoms in total. The number of rotatable bonds is 3. The maximum absolute atomic E-state index is 5.81. The number of ether oxygens (including phenoxy) is 1. The summed E-state index contributed by atoms with van der Waals surface area (Å²) < 4.78 is 5.24. The van der Waals surface area contributed by atoms with Gasteiger partial charge in [-0.2, -0.15) is 0 Å². The Kier molecular flexibility index (Phi) is 3.46. The van der Waals surface area contributed by atoms with Gasteiger partial charge in [0.25, 0.3) is 0 Å². The van der Waals surface area contributed by atoms with Gasteiger partial charge < -0.3 is 15.8 Å². The molecule has 0 aromatic heterocycles. The number of methoxy groups -OCH3 is 1. The number of nitrogens with two attached hydrogens (primary N) is 1. The molecule has 3 N–H and O–H groups in total. The van der Waals surface area contributed by atoms with Crippen LogP contribution in [0, 0.1) is 0 Å². The Morgan fingerprint density at radius 2 is 1.94 bits per heavy atom. The number of hydrogen-bond donors (Lipinski definition) is 2. The quantitative estimate of drug-likeness (QED) is 0.788. The first-order valence-electron chi connectivity index (χ1n) is 6.35. The molecule has 1 aromatic carbocycles. The van der Waals surface area contributed by atoms with Crippen LogP contribution in [0.5, 0.6) is 5.75 Å². The second-order valence-corrected chi connectivity index (χ2v) is 5.20. The summed E-state index contributed by atoms with van der Waals surface area (Å²) in [6, 6.07) is 5.90. The van der Waals surface area contributed by atoms with Gasteiger partial charge in [-0.3, -0.25) is 0 Å². The molecule has 94 valence electrons. The van der Waals surface area contributed by atoms with Crippen molar-refractivity contribution < 1.29 is 4.74 Å². The van der Waals surface area contributed by atoms with Crippen LogP contribution in [0.15, 0.2) is 18.2 Å². The maximum Gasteiger partial charge on any atom is 0.143 e. The van der Waals surface area contributed by atoms with Crippen molar-refractivity contribution in [1.82, 2.24) is 0 Å². The fourth-order valence-electron chi connectivity index (χ4n) is 2.59. The molecule has 17 heavy (non-hydrogen) atoms. The van der Waals surface area contributed by atoms with Crippen LogP contribution in [-0.4, -0.2) is 12.6 Å². The molecule has 1 saturated carbocycles. The molecule has 3 heteroatoms. The first-order valence-corrected chi connectivity index (χ1v) is 6.35. The Balaban J connectivity index is 2.12. The van der Waals surface area contributed by atoms with Crippen LogP contribution in [-0.2, 0) is 0 Å². The largest absolute Gasteiger partial charge is 0.495 e. The molecule has 0 aliphatic heterocycles. The highest BCUT2D eigenvalue weighted by atomic mass is 16.5. The minimum Gasteiger partial charge on any atom is -0.495 e. The molecule has 0 bridgehead atoms. The summed E-state index contributed by atoms with van der Waals surface area (Å²) in [5.41, 5.74) is 7.82. The SMILES string of the molecule is COc1cc(NC2(C)CCCCC2)ccc1N. The van der Waals surface area contributed by atoms with Gasteiger partial charge in [0.2, 0.25) is 0 Å². The lowest BCUT2D eigenvalue weighted by molar-refractivity contribution is 0.349. The van der Waals surface area contributed by atoms with Gasteiger partial charge in [0, 0.05) is 17.3 Å². The van der Waals surface area contributed by atoms with E-state index in [4.69, 9.17) is 10.5 Å². The van der Waals surface area contributed by atoms with E-state index in [0.29, 0.717) is 5.69 Å². The molecule has 1 fully saturated rings. The van der Waals surface area contributed by atoms with E-state index in [-0.39, 0.29) is 5.54 Å². The minimum atomic E-state index is 0.222. The van der Waals surface area contributed by atoms with Gasteiger partial charge >= 0.3 is 0 Å². The summed E-state index contributed by atoms with van der Waals surface area (Å²) in [5.74, 6) is 0.745. The zero-order chi connectivity index (χ0) is 12.3. The third kappa shape index (κ3) is 2.84. The van der Waals surface area contributed by atoms with Crippen LogP contribution in [0.2, 0.25) is 0 Å². The van der Waals surface area contributed by atoms with E-state index in [9.17, 15) is 0 Å². The molecule has 1 aromatic rings.